The molecule has 5 nitrogen and oxygen atoms in total. The number of amides is 1. The van der Waals surface area contributed by atoms with E-state index in [2.05, 4.69) is 10.3 Å². The van der Waals surface area contributed by atoms with Crippen molar-refractivity contribution in [2.45, 2.75) is 18.1 Å². The van der Waals surface area contributed by atoms with Crippen LogP contribution in [0, 0.1) is 13.8 Å². The average Bonchev–Trinajstić information content (AvgIpc) is 2.73. The fraction of sp³-hybridized carbons (Fsp3) is 0.167. The number of carbonyl (C=O) groups is 1. The molecule has 0 radical (unpaired) electrons. The van der Waals surface area contributed by atoms with E-state index in [0.29, 0.717) is 16.1 Å². The van der Waals surface area contributed by atoms with Gasteiger partial charge in [-0.15, -0.1) is 0 Å². The van der Waals surface area contributed by atoms with Crippen LogP contribution in [0.4, 0.5) is 5.13 Å². The van der Waals surface area contributed by atoms with Gasteiger partial charge in [0.25, 0.3) is 15.0 Å². The molecular weight excluding hydrogens is 355 g/mol. The van der Waals surface area contributed by atoms with Gasteiger partial charge < -0.3 is 0 Å². The Kier molecular flexibility index (Phi) is 4.57. The van der Waals surface area contributed by atoms with E-state index in [1.54, 1.807) is 25.1 Å². The fourth-order valence-electron chi connectivity index (χ4n) is 1.68. The van der Waals surface area contributed by atoms with Gasteiger partial charge in [-0.25, -0.2) is 13.4 Å². The summed E-state index contributed by atoms with van der Waals surface area (Å²) in [5.41, 5.74) is 1.27. The summed E-state index contributed by atoms with van der Waals surface area (Å²) in [6.07, 6.45) is 0. The van der Waals surface area contributed by atoms with E-state index < -0.39 is 15.0 Å². The van der Waals surface area contributed by atoms with Gasteiger partial charge in [-0.2, -0.15) is 0 Å². The summed E-state index contributed by atoms with van der Waals surface area (Å²) in [4.78, 5) is 16.2. The predicted molar refractivity (Wildman–Crippen MR) is 84.0 cm³/mol. The van der Waals surface area contributed by atoms with Crippen molar-refractivity contribution in [2.75, 3.05) is 5.32 Å². The van der Waals surface area contributed by atoms with Crippen molar-refractivity contribution >= 4 is 53.7 Å². The van der Waals surface area contributed by atoms with Crippen molar-refractivity contribution in [1.82, 2.24) is 4.98 Å². The summed E-state index contributed by atoms with van der Waals surface area (Å²) in [6.45, 7) is 3.23. The van der Waals surface area contributed by atoms with Crippen LogP contribution in [0.25, 0.3) is 0 Å². The smallest absolute Gasteiger partial charge is 0.272 e. The van der Waals surface area contributed by atoms with E-state index in [0.717, 1.165) is 11.3 Å². The molecule has 1 amide bonds. The zero-order valence-electron chi connectivity index (χ0n) is 11.0. The van der Waals surface area contributed by atoms with Crippen LogP contribution >= 0.6 is 33.6 Å². The Bertz CT molecular complexity index is 816. The standard InChI is InChI=1S/C12H10Cl2N2O3S2/c1-6-8(4-3-5-9(6)13)10(17)16-12-15-7(2)11(20-12)21(14,18)19/h3-5H,1-2H3,(H,15,16,17). The first-order valence-corrected chi connectivity index (χ1v) is 9.19. The molecule has 0 unspecified atom stereocenters. The highest BCUT2D eigenvalue weighted by atomic mass is 35.7. The Hall–Kier alpha value is -1.15. The first kappa shape index (κ1) is 16.2. The number of thiazole rings is 1. The minimum Gasteiger partial charge on any atom is -0.298 e. The van der Waals surface area contributed by atoms with E-state index in [1.165, 1.54) is 6.92 Å². The van der Waals surface area contributed by atoms with Crippen molar-refractivity contribution in [2.24, 2.45) is 0 Å². The third-order valence-corrected chi connectivity index (χ3v) is 6.37. The molecule has 112 valence electrons. The number of halogens is 2. The minimum absolute atomic E-state index is 0.0812. The Balaban J connectivity index is 2.31. The topological polar surface area (TPSA) is 76.1 Å². The number of carbonyl (C=O) groups excluding carboxylic acids is 1. The molecule has 0 spiro atoms. The number of anilines is 1. The van der Waals surface area contributed by atoms with Crippen LogP contribution < -0.4 is 5.32 Å². The van der Waals surface area contributed by atoms with Crippen molar-refractivity contribution in [3.63, 3.8) is 0 Å². The van der Waals surface area contributed by atoms with Gasteiger partial charge >= 0.3 is 0 Å². The fourth-order valence-corrected chi connectivity index (χ4v) is 4.20. The van der Waals surface area contributed by atoms with Gasteiger partial charge in [0.1, 0.15) is 0 Å². The second-order valence-corrected chi connectivity index (χ2v) is 8.36. The first-order chi connectivity index (χ1) is 9.70. The predicted octanol–water partition coefficient (Wildman–Crippen LogP) is 3.59. The van der Waals surface area contributed by atoms with Crippen LogP contribution in [0.2, 0.25) is 5.02 Å². The van der Waals surface area contributed by atoms with Crippen LogP contribution in [0.5, 0.6) is 0 Å². The number of nitrogens with one attached hydrogen (secondary N) is 1. The van der Waals surface area contributed by atoms with Crippen molar-refractivity contribution < 1.29 is 13.2 Å². The molecule has 2 aromatic rings. The number of aryl methyl sites for hydroxylation is 1. The Morgan fingerprint density at radius 1 is 1.33 bits per heavy atom. The molecule has 0 saturated heterocycles. The highest BCUT2D eigenvalue weighted by Crippen LogP contribution is 2.30. The molecule has 9 heteroatoms. The molecule has 0 fully saturated rings. The van der Waals surface area contributed by atoms with E-state index in [-0.39, 0.29) is 15.0 Å². The number of nitrogens with zero attached hydrogens (tertiary/aromatic N) is 1. The lowest BCUT2D eigenvalue weighted by atomic mass is 10.1. The van der Waals surface area contributed by atoms with Crippen molar-refractivity contribution in [1.29, 1.82) is 0 Å². The second kappa shape index (κ2) is 5.92. The summed E-state index contributed by atoms with van der Waals surface area (Å²) in [5, 5.41) is 3.18. The van der Waals surface area contributed by atoms with Gasteiger partial charge in [0.05, 0.1) is 5.69 Å². The zero-order valence-corrected chi connectivity index (χ0v) is 14.1. The van der Waals surface area contributed by atoms with Gasteiger partial charge in [0, 0.05) is 21.3 Å². The lowest BCUT2D eigenvalue weighted by Gasteiger charge is -2.06. The third kappa shape index (κ3) is 3.55. The molecule has 1 heterocycles. The molecule has 21 heavy (non-hydrogen) atoms. The van der Waals surface area contributed by atoms with Crippen LogP contribution in [0.3, 0.4) is 0 Å². The highest BCUT2D eigenvalue weighted by molar-refractivity contribution is 8.15. The number of hydrogen-bond donors (Lipinski definition) is 1. The summed E-state index contributed by atoms with van der Waals surface area (Å²) in [5.74, 6) is -0.415. The van der Waals surface area contributed by atoms with Gasteiger partial charge in [0.15, 0.2) is 9.34 Å². The van der Waals surface area contributed by atoms with Crippen LogP contribution in [0.1, 0.15) is 21.6 Å². The average molecular weight is 365 g/mol. The molecule has 0 atom stereocenters. The molecule has 1 aromatic heterocycles. The molecule has 0 aliphatic heterocycles. The van der Waals surface area contributed by atoms with E-state index in [4.69, 9.17) is 22.3 Å². The first-order valence-electron chi connectivity index (χ1n) is 5.68. The summed E-state index contributed by atoms with van der Waals surface area (Å²) in [7, 11) is 1.42. The maximum atomic E-state index is 12.2. The van der Waals surface area contributed by atoms with E-state index in [9.17, 15) is 13.2 Å². The van der Waals surface area contributed by atoms with Crippen LogP contribution in [-0.2, 0) is 9.05 Å². The largest absolute Gasteiger partial charge is 0.298 e. The molecule has 1 N–H and O–H groups in total. The van der Waals surface area contributed by atoms with Crippen LogP contribution in [-0.4, -0.2) is 19.3 Å². The third-order valence-electron chi connectivity index (χ3n) is 2.71. The quantitative estimate of drug-likeness (QED) is 0.844. The molecule has 0 saturated carbocycles. The highest BCUT2D eigenvalue weighted by Gasteiger charge is 2.21. The minimum atomic E-state index is -3.87. The maximum Gasteiger partial charge on any atom is 0.272 e. The number of aromatic nitrogens is 1. The van der Waals surface area contributed by atoms with E-state index in [1.807, 2.05) is 0 Å². The normalized spacial score (nSPS) is 11.4. The molecule has 0 aliphatic rings. The number of rotatable bonds is 3. The number of hydrogen-bond acceptors (Lipinski definition) is 5. The van der Waals surface area contributed by atoms with Gasteiger partial charge in [-0.3, -0.25) is 10.1 Å². The Labute approximate surface area is 135 Å². The summed E-state index contributed by atoms with van der Waals surface area (Å²) < 4.78 is 22.6. The summed E-state index contributed by atoms with van der Waals surface area (Å²) in [6, 6.07) is 4.96. The Morgan fingerprint density at radius 3 is 2.57 bits per heavy atom. The van der Waals surface area contributed by atoms with Crippen LogP contribution in [0.15, 0.2) is 22.4 Å². The van der Waals surface area contributed by atoms with Gasteiger partial charge in [-0.1, -0.05) is 29.0 Å². The van der Waals surface area contributed by atoms with Crippen molar-refractivity contribution in [3.05, 3.63) is 40.0 Å². The lowest BCUT2D eigenvalue weighted by molar-refractivity contribution is 0.102. The zero-order chi connectivity index (χ0) is 15.8. The lowest BCUT2D eigenvalue weighted by Crippen LogP contribution is -2.13. The number of benzene rings is 1. The SMILES string of the molecule is Cc1nc(NC(=O)c2cccc(Cl)c2C)sc1S(=O)(=O)Cl. The molecule has 1 aromatic carbocycles. The molecule has 0 bridgehead atoms. The maximum absolute atomic E-state index is 12.2. The van der Waals surface area contributed by atoms with Gasteiger partial charge in [0.2, 0.25) is 0 Å². The second-order valence-electron chi connectivity index (χ2n) is 4.20. The monoisotopic (exact) mass is 364 g/mol. The van der Waals surface area contributed by atoms with Crippen molar-refractivity contribution in [3.8, 4) is 0 Å². The van der Waals surface area contributed by atoms with E-state index >= 15 is 0 Å². The molecule has 2 rings (SSSR count). The molecular formula is C12H10Cl2N2O3S2. The Morgan fingerprint density at radius 2 is 2.00 bits per heavy atom. The van der Waals surface area contributed by atoms with Gasteiger partial charge in [-0.05, 0) is 31.5 Å². The summed E-state index contributed by atoms with van der Waals surface area (Å²) >= 11 is 6.76. The molecule has 0 aliphatic carbocycles.